The summed E-state index contributed by atoms with van der Waals surface area (Å²) in [5.74, 6) is 0. The quantitative estimate of drug-likeness (QED) is 0.805. The van der Waals surface area contributed by atoms with E-state index in [-0.39, 0.29) is 22.4 Å². The Labute approximate surface area is 98.3 Å². The van der Waals surface area contributed by atoms with Crippen molar-refractivity contribution in [1.82, 2.24) is 9.55 Å². The molecule has 88 valence electrons. The Morgan fingerprint density at radius 1 is 1.38 bits per heavy atom. The van der Waals surface area contributed by atoms with Gasteiger partial charge in [-0.3, -0.25) is 14.3 Å². The second-order valence-electron chi connectivity index (χ2n) is 4.19. The Kier molecular flexibility index (Phi) is 3.19. The van der Waals surface area contributed by atoms with Gasteiger partial charge in [0.15, 0.2) is 0 Å². The highest BCUT2D eigenvalue weighted by atomic mass is 35.5. The van der Waals surface area contributed by atoms with E-state index in [4.69, 9.17) is 11.6 Å². The molecule has 0 bridgehead atoms. The molecule has 2 rings (SSSR count). The van der Waals surface area contributed by atoms with E-state index in [1.54, 1.807) is 0 Å². The van der Waals surface area contributed by atoms with Crippen LogP contribution in [-0.2, 0) is 6.42 Å². The second kappa shape index (κ2) is 4.45. The Balaban J connectivity index is 2.60. The third kappa shape index (κ3) is 1.82. The number of H-pyrrole nitrogens is 1. The summed E-state index contributed by atoms with van der Waals surface area (Å²) < 4.78 is 1.34. The molecule has 5 heteroatoms. The van der Waals surface area contributed by atoms with Gasteiger partial charge in [-0.15, -0.1) is 0 Å². The lowest BCUT2D eigenvalue weighted by Crippen LogP contribution is -2.39. The maximum Gasteiger partial charge on any atom is 0.329 e. The molecule has 1 aromatic heterocycles. The molecule has 0 aromatic carbocycles. The van der Waals surface area contributed by atoms with Gasteiger partial charge in [-0.1, -0.05) is 31.4 Å². The monoisotopic (exact) mass is 242 g/mol. The van der Waals surface area contributed by atoms with Gasteiger partial charge in [0.2, 0.25) is 0 Å². The van der Waals surface area contributed by atoms with Crippen LogP contribution in [0.15, 0.2) is 9.59 Å². The third-order valence-electron chi connectivity index (χ3n) is 3.22. The van der Waals surface area contributed by atoms with E-state index in [2.05, 4.69) is 4.98 Å². The van der Waals surface area contributed by atoms with Crippen molar-refractivity contribution in [2.24, 2.45) is 0 Å². The number of hydrogen-bond donors (Lipinski definition) is 1. The van der Waals surface area contributed by atoms with Crippen LogP contribution in [0.2, 0.25) is 5.15 Å². The lowest BCUT2D eigenvalue weighted by molar-refractivity contribution is 0.475. The SMILES string of the molecule is CCc1c(Cl)[nH]c(=O)n(C2CCCC2)c1=O. The lowest BCUT2D eigenvalue weighted by Gasteiger charge is -2.13. The minimum atomic E-state index is -0.376. The number of rotatable bonds is 2. The highest BCUT2D eigenvalue weighted by molar-refractivity contribution is 6.30. The first-order chi connectivity index (χ1) is 7.65. The molecule has 1 heterocycles. The molecule has 0 unspecified atom stereocenters. The first kappa shape index (κ1) is 11.5. The number of aromatic amines is 1. The molecule has 4 nitrogen and oxygen atoms in total. The molecule has 0 spiro atoms. The highest BCUT2D eigenvalue weighted by Gasteiger charge is 2.22. The summed E-state index contributed by atoms with van der Waals surface area (Å²) in [6, 6.07) is 0.0545. The van der Waals surface area contributed by atoms with Gasteiger partial charge in [0.25, 0.3) is 5.56 Å². The Morgan fingerprint density at radius 3 is 2.56 bits per heavy atom. The first-order valence-electron chi connectivity index (χ1n) is 5.68. The predicted molar refractivity (Wildman–Crippen MR) is 63.2 cm³/mol. The van der Waals surface area contributed by atoms with Gasteiger partial charge in [0.1, 0.15) is 5.15 Å². The van der Waals surface area contributed by atoms with Crippen molar-refractivity contribution in [3.05, 3.63) is 31.6 Å². The van der Waals surface area contributed by atoms with Crippen LogP contribution in [0, 0.1) is 0 Å². The Morgan fingerprint density at radius 2 is 2.00 bits per heavy atom. The summed E-state index contributed by atoms with van der Waals surface area (Å²) in [6.07, 6.45) is 4.53. The smallest absolute Gasteiger partial charge is 0.297 e. The molecule has 1 N–H and O–H groups in total. The third-order valence-corrected chi connectivity index (χ3v) is 3.54. The highest BCUT2D eigenvalue weighted by Crippen LogP contribution is 2.27. The number of halogens is 1. The van der Waals surface area contributed by atoms with Crippen molar-refractivity contribution in [2.45, 2.75) is 45.1 Å². The van der Waals surface area contributed by atoms with Crippen LogP contribution in [0.3, 0.4) is 0 Å². The normalized spacial score (nSPS) is 16.9. The van der Waals surface area contributed by atoms with Crippen molar-refractivity contribution >= 4 is 11.6 Å². The van der Waals surface area contributed by atoms with Crippen molar-refractivity contribution in [3.8, 4) is 0 Å². The van der Waals surface area contributed by atoms with Crippen molar-refractivity contribution in [3.63, 3.8) is 0 Å². The number of hydrogen-bond acceptors (Lipinski definition) is 2. The topological polar surface area (TPSA) is 54.9 Å². The zero-order valence-electron chi connectivity index (χ0n) is 9.25. The van der Waals surface area contributed by atoms with Crippen LogP contribution in [-0.4, -0.2) is 9.55 Å². The van der Waals surface area contributed by atoms with E-state index in [0.717, 1.165) is 25.7 Å². The number of nitrogens with one attached hydrogen (secondary N) is 1. The first-order valence-corrected chi connectivity index (χ1v) is 6.06. The van der Waals surface area contributed by atoms with Crippen molar-refractivity contribution < 1.29 is 0 Å². The fourth-order valence-electron chi connectivity index (χ4n) is 2.36. The van der Waals surface area contributed by atoms with Gasteiger partial charge in [0, 0.05) is 6.04 Å². The molecule has 0 aliphatic heterocycles. The average Bonchev–Trinajstić information content (AvgIpc) is 2.70. The molecule has 0 amide bonds. The molecule has 1 saturated carbocycles. The van der Waals surface area contributed by atoms with E-state index in [1.165, 1.54) is 4.57 Å². The molecular weight excluding hydrogens is 228 g/mol. The molecule has 0 atom stereocenters. The summed E-state index contributed by atoms with van der Waals surface area (Å²) in [6.45, 7) is 1.86. The van der Waals surface area contributed by atoms with Gasteiger partial charge in [-0.2, -0.15) is 0 Å². The molecule has 1 fully saturated rings. The molecule has 1 aliphatic rings. The molecule has 16 heavy (non-hydrogen) atoms. The fraction of sp³-hybridized carbons (Fsp3) is 0.636. The Bertz CT molecular complexity index is 498. The summed E-state index contributed by atoms with van der Waals surface area (Å²) in [5.41, 5.74) is -0.0876. The average molecular weight is 243 g/mol. The van der Waals surface area contributed by atoms with Crippen LogP contribution < -0.4 is 11.2 Å². The van der Waals surface area contributed by atoms with E-state index < -0.39 is 0 Å². The number of nitrogens with zero attached hydrogens (tertiary/aromatic N) is 1. The molecular formula is C11H15ClN2O2. The standard InChI is InChI=1S/C11H15ClN2O2/c1-2-8-9(12)13-11(16)14(10(8)15)7-5-3-4-6-7/h7H,2-6H2,1H3,(H,13,16). The fourth-order valence-corrected chi connectivity index (χ4v) is 2.66. The summed E-state index contributed by atoms with van der Waals surface area (Å²) in [7, 11) is 0. The van der Waals surface area contributed by atoms with Gasteiger partial charge >= 0.3 is 5.69 Å². The molecule has 1 aliphatic carbocycles. The Hall–Kier alpha value is -1.03. The second-order valence-corrected chi connectivity index (χ2v) is 4.57. The van der Waals surface area contributed by atoms with Gasteiger partial charge in [-0.25, -0.2) is 4.79 Å². The van der Waals surface area contributed by atoms with E-state index in [0.29, 0.717) is 12.0 Å². The van der Waals surface area contributed by atoms with Gasteiger partial charge < -0.3 is 0 Å². The zero-order valence-corrected chi connectivity index (χ0v) is 10.0. The van der Waals surface area contributed by atoms with Gasteiger partial charge in [0.05, 0.1) is 5.56 Å². The minimum Gasteiger partial charge on any atom is -0.297 e. The maximum absolute atomic E-state index is 12.1. The van der Waals surface area contributed by atoms with Crippen LogP contribution >= 0.6 is 11.6 Å². The summed E-state index contributed by atoms with van der Waals surface area (Å²) in [4.78, 5) is 26.4. The molecule has 0 saturated heterocycles. The van der Waals surface area contributed by atoms with Crippen LogP contribution in [0.1, 0.15) is 44.2 Å². The predicted octanol–water partition coefficient (Wildman–Crippen LogP) is 1.87. The van der Waals surface area contributed by atoms with E-state index in [9.17, 15) is 9.59 Å². The summed E-state index contributed by atoms with van der Waals surface area (Å²) in [5, 5.41) is 0.187. The van der Waals surface area contributed by atoms with Crippen LogP contribution in [0.25, 0.3) is 0 Å². The van der Waals surface area contributed by atoms with E-state index in [1.807, 2.05) is 6.92 Å². The van der Waals surface area contributed by atoms with Gasteiger partial charge in [-0.05, 0) is 19.3 Å². The van der Waals surface area contributed by atoms with Crippen molar-refractivity contribution in [2.75, 3.05) is 0 Å². The molecule has 0 radical (unpaired) electrons. The minimum absolute atomic E-state index is 0.0545. The largest absolute Gasteiger partial charge is 0.329 e. The number of aromatic nitrogens is 2. The molecule has 1 aromatic rings. The van der Waals surface area contributed by atoms with Crippen molar-refractivity contribution in [1.29, 1.82) is 0 Å². The zero-order chi connectivity index (χ0) is 11.7. The van der Waals surface area contributed by atoms with Crippen LogP contribution in [0.5, 0.6) is 0 Å². The maximum atomic E-state index is 12.1. The summed E-state index contributed by atoms with van der Waals surface area (Å²) >= 11 is 5.84. The lowest BCUT2D eigenvalue weighted by atomic mass is 10.2. The van der Waals surface area contributed by atoms with Crippen LogP contribution in [0.4, 0.5) is 0 Å². The van der Waals surface area contributed by atoms with E-state index >= 15 is 0 Å².